The third kappa shape index (κ3) is 4.28. The first kappa shape index (κ1) is 24.1. The third-order valence-corrected chi connectivity index (χ3v) is 6.99. The number of aromatic nitrogens is 2. The van der Waals surface area contributed by atoms with Crippen molar-refractivity contribution in [1.29, 1.82) is 0 Å². The summed E-state index contributed by atoms with van der Waals surface area (Å²) in [5.41, 5.74) is 2.98. The number of nitrogens with zero attached hydrogens (tertiary/aromatic N) is 3. The number of fused-ring (bicyclic) bond motifs is 1. The summed E-state index contributed by atoms with van der Waals surface area (Å²) in [5.74, 6) is -3.98. The van der Waals surface area contributed by atoms with Crippen LogP contribution >= 0.6 is 0 Å². The molecule has 2 fully saturated rings. The fraction of sp³-hybridized carbons (Fsp3) is 0.333. The Balaban J connectivity index is 1.48. The molecule has 2 saturated heterocycles. The van der Waals surface area contributed by atoms with E-state index in [0.29, 0.717) is 37.0 Å². The summed E-state index contributed by atoms with van der Waals surface area (Å²) in [4.78, 5) is 19.4. The van der Waals surface area contributed by atoms with Gasteiger partial charge in [-0.1, -0.05) is 6.07 Å². The van der Waals surface area contributed by atoms with Gasteiger partial charge in [0.2, 0.25) is 0 Å². The monoisotopic (exact) mass is 497 g/mol. The number of aliphatic hydroxyl groups excluding tert-OH is 1. The lowest BCUT2D eigenvalue weighted by atomic mass is 9.82. The predicted octanol–water partition coefficient (Wildman–Crippen LogP) is 4.88. The molecule has 2 aromatic carbocycles. The van der Waals surface area contributed by atoms with Gasteiger partial charge in [0.05, 0.1) is 37.0 Å². The highest BCUT2D eigenvalue weighted by atomic mass is 19.2. The number of halogens is 3. The molecular weight excluding hydrogens is 471 g/mol. The molecular formula is C27H26F3N3O3. The molecule has 0 unspecified atom stereocenters. The molecule has 1 N–H and O–H groups in total. The zero-order valence-electron chi connectivity index (χ0n) is 19.9. The van der Waals surface area contributed by atoms with E-state index in [2.05, 4.69) is 4.98 Å². The quantitative estimate of drug-likeness (QED) is 0.412. The van der Waals surface area contributed by atoms with Crippen LogP contribution in [0.25, 0.3) is 11.8 Å². The number of aryl methyl sites for hydroxylation is 1. The van der Waals surface area contributed by atoms with Crippen LogP contribution in [0.5, 0.6) is 5.75 Å². The van der Waals surface area contributed by atoms with Crippen molar-refractivity contribution < 1.29 is 27.8 Å². The van der Waals surface area contributed by atoms with Crippen LogP contribution in [-0.4, -0.2) is 44.7 Å². The average Bonchev–Trinajstić information content (AvgIpc) is 3.30. The minimum absolute atomic E-state index is 0.0415. The van der Waals surface area contributed by atoms with E-state index in [1.165, 1.54) is 4.90 Å². The summed E-state index contributed by atoms with van der Waals surface area (Å²) in [5, 5.41) is 10.7. The predicted molar refractivity (Wildman–Crippen MR) is 127 cm³/mol. The smallest absolute Gasteiger partial charge is 0.250 e. The highest BCUT2D eigenvalue weighted by Crippen LogP contribution is 2.41. The Morgan fingerprint density at radius 1 is 1.11 bits per heavy atom. The lowest BCUT2D eigenvalue weighted by Crippen LogP contribution is -2.53. The molecule has 6 nitrogen and oxygen atoms in total. The second-order valence-corrected chi connectivity index (χ2v) is 9.32. The minimum atomic E-state index is -1.57. The van der Waals surface area contributed by atoms with E-state index in [1.54, 1.807) is 19.5 Å². The first-order chi connectivity index (χ1) is 17.3. The van der Waals surface area contributed by atoms with Crippen LogP contribution < -0.4 is 4.74 Å². The van der Waals surface area contributed by atoms with Crippen LogP contribution in [-0.2, 0) is 4.79 Å². The maximum atomic E-state index is 14.0. The minimum Gasteiger partial charge on any atom is -0.495 e. The van der Waals surface area contributed by atoms with Gasteiger partial charge in [-0.25, -0.2) is 18.2 Å². The maximum Gasteiger partial charge on any atom is 0.250 e. The zero-order chi connectivity index (χ0) is 25.6. The summed E-state index contributed by atoms with van der Waals surface area (Å²) in [7, 11) is 1.57. The maximum absolute atomic E-state index is 14.0. The molecule has 1 aromatic heterocycles. The van der Waals surface area contributed by atoms with Crippen LogP contribution in [0.2, 0.25) is 0 Å². The van der Waals surface area contributed by atoms with E-state index in [9.17, 15) is 23.1 Å². The van der Waals surface area contributed by atoms with Gasteiger partial charge in [-0.15, -0.1) is 0 Å². The lowest BCUT2D eigenvalue weighted by Gasteiger charge is -2.48. The standard InChI is InChI=1S/C27H26F3N3O3/c1-15-13-32(14-31-15)22-7-3-16(10-24(22)36-2)9-17-4-5-19-6-8-23(34)26(33(19)27(17)35)18-11-20(28)25(30)21(29)12-18/h3,7,9-14,19,23,26,34H,4-6,8H2,1-2H3/b17-9+/t19-,23+,26-/m0/s1. The Bertz CT molecular complexity index is 1330. The Morgan fingerprint density at radius 2 is 1.86 bits per heavy atom. The van der Waals surface area contributed by atoms with Gasteiger partial charge in [0, 0.05) is 17.8 Å². The fourth-order valence-electron chi connectivity index (χ4n) is 5.26. The third-order valence-electron chi connectivity index (χ3n) is 6.99. The van der Waals surface area contributed by atoms with E-state index in [-0.39, 0.29) is 17.5 Å². The van der Waals surface area contributed by atoms with Crippen molar-refractivity contribution in [2.45, 2.75) is 50.8 Å². The molecule has 0 radical (unpaired) electrons. The van der Waals surface area contributed by atoms with Gasteiger partial charge in [-0.2, -0.15) is 0 Å². The Hall–Kier alpha value is -3.59. The number of amides is 1. The number of rotatable bonds is 4. The normalized spacial score (nSPS) is 23.2. The molecule has 3 aromatic rings. The average molecular weight is 498 g/mol. The SMILES string of the molecule is COc1cc(/C=C2\CC[C@H]3CC[C@@H](O)[C@H](c4cc(F)c(F)c(F)c4)N3C2=O)ccc1-n1cnc(C)c1. The number of ether oxygens (including phenoxy) is 1. The van der Waals surface area contributed by atoms with Gasteiger partial charge in [-0.3, -0.25) is 4.79 Å². The number of methoxy groups -OCH3 is 1. The molecule has 3 heterocycles. The van der Waals surface area contributed by atoms with E-state index in [1.807, 2.05) is 35.9 Å². The fourth-order valence-corrected chi connectivity index (χ4v) is 5.26. The van der Waals surface area contributed by atoms with Gasteiger partial charge >= 0.3 is 0 Å². The van der Waals surface area contributed by atoms with Crippen molar-refractivity contribution in [3.05, 3.63) is 82.7 Å². The van der Waals surface area contributed by atoms with Crippen molar-refractivity contribution in [2.24, 2.45) is 0 Å². The van der Waals surface area contributed by atoms with Gasteiger partial charge in [0.15, 0.2) is 17.5 Å². The first-order valence-corrected chi connectivity index (χ1v) is 11.8. The van der Waals surface area contributed by atoms with E-state index < -0.39 is 29.6 Å². The largest absolute Gasteiger partial charge is 0.495 e. The van der Waals surface area contributed by atoms with Crippen LogP contribution in [0.4, 0.5) is 13.2 Å². The highest BCUT2D eigenvalue weighted by Gasteiger charge is 2.43. The Morgan fingerprint density at radius 3 is 2.53 bits per heavy atom. The molecule has 5 rings (SSSR count). The molecule has 9 heteroatoms. The summed E-state index contributed by atoms with van der Waals surface area (Å²) in [6.07, 6.45) is 6.46. The zero-order valence-corrected chi connectivity index (χ0v) is 19.9. The molecule has 2 aliphatic rings. The number of piperidine rings is 2. The second kappa shape index (κ2) is 9.46. The van der Waals surface area contributed by atoms with Crippen LogP contribution in [0.3, 0.4) is 0 Å². The summed E-state index contributed by atoms with van der Waals surface area (Å²) in [6.45, 7) is 1.89. The van der Waals surface area contributed by atoms with Crippen molar-refractivity contribution in [3.63, 3.8) is 0 Å². The van der Waals surface area contributed by atoms with Crippen molar-refractivity contribution in [3.8, 4) is 11.4 Å². The van der Waals surface area contributed by atoms with Gasteiger partial charge in [-0.05, 0) is 74.1 Å². The topological polar surface area (TPSA) is 67.6 Å². The summed E-state index contributed by atoms with van der Waals surface area (Å²) in [6, 6.07) is 6.14. The number of hydrogen-bond acceptors (Lipinski definition) is 4. The van der Waals surface area contributed by atoms with Crippen LogP contribution in [0.1, 0.15) is 48.5 Å². The molecule has 188 valence electrons. The van der Waals surface area contributed by atoms with E-state index >= 15 is 0 Å². The summed E-state index contributed by atoms with van der Waals surface area (Å²) >= 11 is 0. The highest BCUT2D eigenvalue weighted by molar-refractivity contribution is 5.99. The molecule has 1 amide bonds. The molecule has 0 saturated carbocycles. The van der Waals surface area contributed by atoms with Crippen LogP contribution in [0.15, 0.2) is 48.4 Å². The molecule has 0 bridgehead atoms. The first-order valence-electron chi connectivity index (χ1n) is 11.8. The molecule has 3 atom stereocenters. The Kier molecular flexibility index (Phi) is 6.34. The number of aliphatic hydroxyl groups is 1. The molecule has 0 spiro atoms. The number of benzene rings is 2. The second-order valence-electron chi connectivity index (χ2n) is 9.32. The molecule has 2 aliphatic heterocycles. The summed E-state index contributed by atoms with van der Waals surface area (Å²) < 4.78 is 49.0. The van der Waals surface area contributed by atoms with Gasteiger partial charge < -0.3 is 19.3 Å². The van der Waals surface area contributed by atoms with Crippen molar-refractivity contribution >= 4 is 12.0 Å². The van der Waals surface area contributed by atoms with Crippen LogP contribution in [0, 0.1) is 24.4 Å². The molecule has 0 aliphatic carbocycles. The van der Waals surface area contributed by atoms with Gasteiger partial charge in [0.1, 0.15) is 5.75 Å². The van der Waals surface area contributed by atoms with Crippen molar-refractivity contribution in [1.82, 2.24) is 14.5 Å². The number of carbonyl (C=O) groups excluding carboxylic acids is 1. The number of carbonyl (C=O) groups is 1. The Labute approximate surface area is 206 Å². The lowest BCUT2D eigenvalue weighted by molar-refractivity contribution is -0.142. The molecule has 36 heavy (non-hydrogen) atoms. The van der Waals surface area contributed by atoms with Gasteiger partial charge in [0.25, 0.3) is 5.91 Å². The number of hydrogen-bond donors (Lipinski definition) is 1. The van der Waals surface area contributed by atoms with Crippen molar-refractivity contribution in [2.75, 3.05) is 7.11 Å². The van der Waals surface area contributed by atoms with E-state index in [0.717, 1.165) is 29.1 Å². The van der Waals surface area contributed by atoms with E-state index in [4.69, 9.17) is 4.74 Å². The number of imidazole rings is 1.